The smallest absolute Gasteiger partial charge is 0.178 e. The van der Waals surface area contributed by atoms with Gasteiger partial charge in [-0.15, -0.1) is 0 Å². The predicted molar refractivity (Wildman–Crippen MR) is 188 cm³/mol. The second-order valence-electron chi connectivity index (χ2n) is 13.5. The van der Waals surface area contributed by atoms with Gasteiger partial charge in [-0.1, -0.05) is 117 Å². The Bertz CT molecular complexity index is 2150. The number of hydrogen-bond donors (Lipinski definition) is 0. The molecule has 2 heterocycles. The zero-order chi connectivity index (χ0) is 30.2. The lowest BCUT2D eigenvalue weighted by Gasteiger charge is -2.39. The van der Waals surface area contributed by atoms with Crippen LogP contribution in [0, 0.1) is 0 Å². The van der Waals surface area contributed by atoms with Crippen LogP contribution >= 0.6 is 0 Å². The Morgan fingerprint density at radius 1 is 0.644 bits per heavy atom. The van der Waals surface area contributed by atoms with E-state index in [-0.39, 0.29) is 5.41 Å². The minimum absolute atomic E-state index is 0.146. The molecule has 45 heavy (non-hydrogen) atoms. The van der Waals surface area contributed by atoms with Crippen molar-refractivity contribution in [1.82, 2.24) is 0 Å². The Labute approximate surface area is 265 Å². The van der Waals surface area contributed by atoms with Crippen LogP contribution in [0.3, 0.4) is 0 Å². The summed E-state index contributed by atoms with van der Waals surface area (Å²) in [5.74, 6) is 0.973. The van der Waals surface area contributed by atoms with E-state index in [1.807, 2.05) is 0 Å². The Kier molecular flexibility index (Phi) is 5.81. The summed E-state index contributed by atoms with van der Waals surface area (Å²) in [6.45, 7) is 7.00. The van der Waals surface area contributed by atoms with E-state index in [0.29, 0.717) is 0 Å². The van der Waals surface area contributed by atoms with Gasteiger partial charge in [0.15, 0.2) is 5.60 Å². The van der Waals surface area contributed by atoms with E-state index in [2.05, 4.69) is 146 Å². The summed E-state index contributed by atoms with van der Waals surface area (Å²) in [4.78, 5) is 2.53. The molecule has 0 bridgehead atoms. The number of anilines is 1. The molecule has 0 aromatic heterocycles. The molecule has 9 rings (SSSR count). The second-order valence-corrected chi connectivity index (χ2v) is 13.5. The molecule has 6 aromatic rings. The number of fused-ring (bicyclic) bond motifs is 9. The molecule has 1 fully saturated rings. The first-order chi connectivity index (χ1) is 22.0. The third kappa shape index (κ3) is 3.88. The minimum Gasteiger partial charge on any atom is -0.472 e. The van der Waals surface area contributed by atoms with E-state index in [1.165, 1.54) is 74.3 Å². The van der Waals surface area contributed by atoms with Gasteiger partial charge in [-0.3, -0.25) is 0 Å². The molecule has 0 N–H and O–H groups in total. The lowest BCUT2D eigenvalue weighted by Crippen LogP contribution is -2.35. The van der Waals surface area contributed by atoms with E-state index in [4.69, 9.17) is 4.74 Å². The van der Waals surface area contributed by atoms with Crippen molar-refractivity contribution in [1.29, 1.82) is 0 Å². The van der Waals surface area contributed by atoms with Crippen molar-refractivity contribution < 1.29 is 4.74 Å². The fourth-order valence-electron chi connectivity index (χ4n) is 8.37. The molecule has 2 heteroatoms. The first kappa shape index (κ1) is 26.6. The minimum atomic E-state index is -0.774. The van der Waals surface area contributed by atoms with Crippen LogP contribution in [-0.2, 0) is 11.0 Å². The van der Waals surface area contributed by atoms with Gasteiger partial charge in [0.2, 0.25) is 0 Å². The lowest BCUT2D eigenvalue weighted by atomic mass is 9.76. The van der Waals surface area contributed by atoms with Crippen LogP contribution in [0.4, 0.5) is 5.69 Å². The molecule has 1 aliphatic carbocycles. The summed E-state index contributed by atoms with van der Waals surface area (Å²) in [6.07, 6.45) is 8.55. The highest BCUT2D eigenvalue weighted by Crippen LogP contribution is 2.58. The Hall–Kier alpha value is -4.82. The van der Waals surface area contributed by atoms with Crippen molar-refractivity contribution in [2.24, 2.45) is 0 Å². The molecule has 0 radical (unpaired) electrons. The number of ether oxygens (including phenoxy) is 1. The molecule has 2 nitrogen and oxygen atoms in total. The normalized spacial score (nSPS) is 19.6. The third-order valence-electron chi connectivity index (χ3n) is 10.6. The zero-order valence-electron chi connectivity index (χ0n) is 26.0. The molecule has 6 aromatic carbocycles. The lowest BCUT2D eigenvalue weighted by molar-refractivity contribution is 0.163. The van der Waals surface area contributed by atoms with Gasteiger partial charge in [-0.05, 0) is 82.0 Å². The van der Waals surface area contributed by atoms with Crippen molar-refractivity contribution in [3.8, 4) is 16.9 Å². The summed E-state index contributed by atoms with van der Waals surface area (Å²) in [5.41, 5.74) is 9.30. The molecule has 2 aliphatic heterocycles. The molecule has 0 saturated carbocycles. The van der Waals surface area contributed by atoms with Crippen molar-refractivity contribution in [2.75, 3.05) is 18.0 Å². The first-order valence-electron chi connectivity index (χ1n) is 16.5. The fourth-order valence-corrected chi connectivity index (χ4v) is 8.37. The van der Waals surface area contributed by atoms with Crippen LogP contribution < -0.4 is 9.64 Å². The van der Waals surface area contributed by atoms with E-state index < -0.39 is 5.60 Å². The van der Waals surface area contributed by atoms with Gasteiger partial charge in [0.25, 0.3) is 0 Å². The number of rotatable bonds is 3. The van der Waals surface area contributed by atoms with Crippen molar-refractivity contribution >= 4 is 33.3 Å². The van der Waals surface area contributed by atoms with Gasteiger partial charge in [0.05, 0.1) is 0 Å². The average Bonchev–Trinajstić information content (AvgIpc) is 3.35. The highest BCUT2D eigenvalue weighted by atomic mass is 16.5. The number of piperidine rings is 1. The van der Waals surface area contributed by atoms with Crippen molar-refractivity contribution in [3.05, 3.63) is 149 Å². The monoisotopic (exact) mass is 583 g/mol. The topological polar surface area (TPSA) is 12.5 Å². The van der Waals surface area contributed by atoms with Gasteiger partial charge in [0, 0.05) is 46.3 Å². The largest absolute Gasteiger partial charge is 0.472 e. The zero-order valence-corrected chi connectivity index (χ0v) is 26.0. The molecule has 0 amide bonds. The van der Waals surface area contributed by atoms with Gasteiger partial charge < -0.3 is 9.64 Å². The summed E-state index contributed by atoms with van der Waals surface area (Å²) in [7, 11) is 0. The molecular formula is C43H37NO. The average molecular weight is 584 g/mol. The predicted octanol–water partition coefficient (Wildman–Crippen LogP) is 10.6. The van der Waals surface area contributed by atoms with E-state index in [0.717, 1.165) is 30.0 Å². The number of nitrogens with zero attached hydrogens (tertiary/aromatic N) is 1. The Balaban J connectivity index is 1.28. The third-order valence-corrected chi connectivity index (χ3v) is 10.6. The number of benzene rings is 6. The Morgan fingerprint density at radius 3 is 2.16 bits per heavy atom. The molecule has 0 spiro atoms. The summed E-state index contributed by atoms with van der Waals surface area (Å²) >= 11 is 0. The van der Waals surface area contributed by atoms with E-state index >= 15 is 0 Å². The van der Waals surface area contributed by atoms with Crippen LogP contribution in [0.25, 0.3) is 38.7 Å². The van der Waals surface area contributed by atoms with Gasteiger partial charge >= 0.3 is 0 Å². The van der Waals surface area contributed by atoms with Gasteiger partial charge in [-0.2, -0.15) is 0 Å². The SMILES string of the molecule is CC1(C)c2ccccc2-c2c1c1c(c3ccccc23)OC(c2ccc(N3CCCCC3)cc2)(c2ccc3ccccc3c2)C=C1. The number of hydrogen-bond acceptors (Lipinski definition) is 2. The van der Waals surface area contributed by atoms with Crippen molar-refractivity contribution in [2.45, 2.75) is 44.1 Å². The maximum atomic E-state index is 7.56. The van der Waals surface area contributed by atoms with Crippen LogP contribution in [0.1, 0.15) is 60.9 Å². The van der Waals surface area contributed by atoms with Gasteiger partial charge in [-0.25, -0.2) is 0 Å². The highest BCUT2D eigenvalue weighted by molar-refractivity contribution is 6.08. The second kappa shape index (κ2) is 9.84. The Morgan fingerprint density at radius 2 is 1.33 bits per heavy atom. The standard InChI is InChI=1S/C43H37NO/c1-42(2)38-17-9-8-16-36(38)39-34-14-6-7-15-35(34)41-37(40(39)42)24-25-43(45-41,32-19-18-29-12-4-5-13-30(29)28-32)31-20-22-33(23-21-31)44-26-10-3-11-27-44/h4-9,12-25,28H,3,10-11,26-27H2,1-2H3. The maximum Gasteiger partial charge on any atom is 0.178 e. The molecule has 1 atom stereocenters. The van der Waals surface area contributed by atoms with E-state index in [9.17, 15) is 0 Å². The fraction of sp³-hybridized carbons (Fsp3) is 0.209. The molecule has 1 saturated heterocycles. The molecular weight excluding hydrogens is 546 g/mol. The molecule has 3 aliphatic rings. The summed E-state index contributed by atoms with van der Waals surface area (Å²) in [6, 6.07) is 42.4. The maximum absolute atomic E-state index is 7.56. The summed E-state index contributed by atoms with van der Waals surface area (Å²) in [5, 5.41) is 4.88. The van der Waals surface area contributed by atoms with Crippen LogP contribution in [-0.4, -0.2) is 13.1 Å². The first-order valence-corrected chi connectivity index (χ1v) is 16.5. The highest BCUT2D eigenvalue weighted by Gasteiger charge is 2.44. The van der Waals surface area contributed by atoms with E-state index in [1.54, 1.807) is 0 Å². The quantitative estimate of drug-likeness (QED) is 0.205. The molecule has 1 unspecified atom stereocenters. The summed E-state index contributed by atoms with van der Waals surface area (Å²) < 4.78 is 7.56. The van der Waals surface area contributed by atoms with Crippen LogP contribution in [0.2, 0.25) is 0 Å². The molecule has 220 valence electrons. The van der Waals surface area contributed by atoms with Crippen LogP contribution in [0.15, 0.2) is 121 Å². The van der Waals surface area contributed by atoms with Gasteiger partial charge in [0.1, 0.15) is 5.75 Å². The van der Waals surface area contributed by atoms with Crippen LogP contribution in [0.5, 0.6) is 5.75 Å². The van der Waals surface area contributed by atoms with Crippen molar-refractivity contribution in [3.63, 3.8) is 0 Å².